The molecule has 0 saturated carbocycles. The van der Waals surface area contributed by atoms with Crippen molar-refractivity contribution in [1.29, 1.82) is 0 Å². The Morgan fingerprint density at radius 1 is 1.00 bits per heavy atom. The Bertz CT molecular complexity index is 1310. The van der Waals surface area contributed by atoms with Gasteiger partial charge in [0.2, 0.25) is 0 Å². The molecule has 3 amide bonds. The van der Waals surface area contributed by atoms with Crippen LogP contribution in [0.15, 0.2) is 72.3 Å². The molecule has 10 heteroatoms. The molecule has 244 valence electrons. The maximum Gasteiger partial charge on any atom is 0.254 e. The lowest BCUT2D eigenvalue weighted by Gasteiger charge is -2.21. The van der Waals surface area contributed by atoms with Crippen LogP contribution in [-0.2, 0) is 0 Å². The monoisotopic (exact) mass is 636 g/mol. The quantitative estimate of drug-likeness (QED) is 0.206. The summed E-state index contributed by atoms with van der Waals surface area (Å²) in [6.45, 7) is 11.9. The lowest BCUT2D eigenvalue weighted by Crippen LogP contribution is -2.45. The lowest BCUT2D eigenvalue weighted by atomic mass is 10.0. The molecule has 45 heavy (non-hydrogen) atoms. The number of amidine groups is 1. The van der Waals surface area contributed by atoms with Crippen molar-refractivity contribution in [3.05, 3.63) is 89.5 Å². The number of halogens is 1. The number of carbonyl (C=O) groups excluding carboxylic acids is 3. The number of likely N-dealkylation sites (tertiary alicyclic amines) is 1. The minimum Gasteiger partial charge on any atom is -0.352 e. The van der Waals surface area contributed by atoms with E-state index in [2.05, 4.69) is 25.9 Å². The highest BCUT2D eigenvalue weighted by atomic mass is 35.5. The summed E-state index contributed by atoms with van der Waals surface area (Å²) in [5, 5.41) is 9.07. The molecule has 3 N–H and O–H groups in total. The van der Waals surface area contributed by atoms with Crippen molar-refractivity contribution in [3.63, 3.8) is 0 Å². The molecule has 0 aliphatic carbocycles. The maximum absolute atomic E-state index is 13.4. The Hall–Kier alpha value is -3.98. The molecule has 1 saturated heterocycles. The fraction of sp³-hybridized carbons (Fsp3) is 0.457. The van der Waals surface area contributed by atoms with E-state index in [1.165, 1.54) is 0 Å². The zero-order valence-corrected chi connectivity index (χ0v) is 28.1. The first-order chi connectivity index (χ1) is 21.9. The van der Waals surface area contributed by atoms with E-state index in [9.17, 15) is 14.4 Å². The number of nitrogens with one attached hydrogen (secondary N) is 3. The molecule has 2 unspecified atom stereocenters. The molecule has 1 fully saturated rings. The standard InChI is InChI=1S/C31H37ClN6O3.2C2H6/c1-22-21-24(9-10-26(22)31(41)38-19-4-5-20-38)30(40)37-27(28-34-15-6-7-25(32)13-18-35-28)8-2-3-14-36-29(39)23-11-16-33-17-12-23;2*1-2/h6,9-13,15-18,21,25,27H,2-5,7-8,14,19-20H2,1H3,(H,34,35)(H,36,39)(H,37,40);2*1-2H3/b15-6+,18-13+;;. The number of pyridine rings is 1. The van der Waals surface area contributed by atoms with E-state index >= 15 is 0 Å². The van der Waals surface area contributed by atoms with E-state index in [0.29, 0.717) is 41.9 Å². The van der Waals surface area contributed by atoms with Crippen molar-refractivity contribution in [2.24, 2.45) is 4.99 Å². The van der Waals surface area contributed by atoms with Gasteiger partial charge in [0.25, 0.3) is 17.7 Å². The average molecular weight is 637 g/mol. The number of unbranched alkanes of at least 4 members (excludes halogenated alkanes) is 1. The minimum atomic E-state index is -0.411. The molecule has 4 rings (SSSR count). The smallest absolute Gasteiger partial charge is 0.254 e. The first kappa shape index (κ1) is 37.2. The van der Waals surface area contributed by atoms with Crippen LogP contribution in [0.3, 0.4) is 0 Å². The second kappa shape index (κ2) is 20.9. The first-order valence-corrected chi connectivity index (χ1v) is 16.5. The van der Waals surface area contributed by atoms with Crippen LogP contribution in [0.25, 0.3) is 0 Å². The maximum atomic E-state index is 13.4. The number of alkyl halides is 1. The molecule has 1 aromatic heterocycles. The number of nitrogens with zero attached hydrogens (tertiary/aromatic N) is 3. The van der Waals surface area contributed by atoms with Crippen molar-refractivity contribution in [2.45, 2.75) is 84.6 Å². The van der Waals surface area contributed by atoms with Crippen LogP contribution in [0.1, 0.15) is 103 Å². The molecule has 0 spiro atoms. The van der Waals surface area contributed by atoms with Gasteiger partial charge in [-0.05, 0) is 87.5 Å². The Morgan fingerprint density at radius 3 is 2.40 bits per heavy atom. The third-order valence-corrected chi connectivity index (χ3v) is 7.44. The molecule has 9 nitrogen and oxygen atoms in total. The number of aryl methyl sites for hydroxylation is 1. The van der Waals surface area contributed by atoms with Gasteiger partial charge in [-0.1, -0.05) is 39.8 Å². The van der Waals surface area contributed by atoms with Crippen LogP contribution in [-0.4, -0.2) is 64.5 Å². The number of amides is 3. The SMILES string of the molecule is CC.CC.Cc1cc(C(=O)NC(CCCCNC(=O)c2ccncc2)C2=N/C=C/CC(Cl)/C=C/N2)ccc1C(=O)N1CCCC1. The summed E-state index contributed by atoms with van der Waals surface area (Å²) >= 11 is 6.27. The number of hydrogen-bond acceptors (Lipinski definition) is 6. The predicted molar refractivity (Wildman–Crippen MR) is 184 cm³/mol. The number of benzene rings is 1. The third-order valence-electron chi connectivity index (χ3n) is 7.11. The number of aliphatic imine (C=N–C) groups is 1. The largest absolute Gasteiger partial charge is 0.352 e. The van der Waals surface area contributed by atoms with Gasteiger partial charge in [0.1, 0.15) is 5.84 Å². The van der Waals surface area contributed by atoms with Gasteiger partial charge in [0.15, 0.2) is 0 Å². The van der Waals surface area contributed by atoms with E-state index in [1.54, 1.807) is 55.1 Å². The fourth-order valence-corrected chi connectivity index (χ4v) is 4.98. The number of hydrogen-bond donors (Lipinski definition) is 3. The summed E-state index contributed by atoms with van der Waals surface area (Å²) < 4.78 is 0. The van der Waals surface area contributed by atoms with E-state index in [-0.39, 0.29) is 23.1 Å². The van der Waals surface area contributed by atoms with Gasteiger partial charge >= 0.3 is 0 Å². The van der Waals surface area contributed by atoms with Crippen LogP contribution >= 0.6 is 11.6 Å². The Balaban J connectivity index is 0.00000169. The number of rotatable bonds is 10. The minimum absolute atomic E-state index is 0.0150. The van der Waals surface area contributed by atoms with Crippen molar-refractivity contribution >= 4 is 35.2 Å². The topological polar surface area (TPSA) is 116 Å². The zero-order valence-electron chi connectivity index (χ0n) is 27.3. The highest BCUT2D eigenvalue weighted by Gasteiger charge is 2.23. The molecular formula is C35H49ClN6O3. The van der Waals surface area contributed by atoms with Crippen LogP contribution in [0.4, 0.5) is 0 Å². The molecule has 2 aromatic rings. The molecule has 1 aromatic carbocycles. The highest BCUT2D eigenvalue weighted by molar-refractivity contribution is 6.21. The summed E-state index contributed by atoms with van der Waals surface area (Å²) in [5.74, 6) is 0.209. The summed E-state index contributed by atoms with van der Waals surface area (Å²) in [6, 6.07) is 8.14. The summed E-state index contributed by atoms with van der Waals surface area (Å²) in [6.07, 6.45) is 15.1. The Morgan fingerprint density at radius 2 is 1.71 bits per heavy atom. The van der Waals surface area contributed by atoms with Gasteiger partial charge in [0, 0.05) is 54.9 Å². The first-order valence-electron chi connectivity index (χ1n) is 16.1. The normalized spacial score (nSPS) is 17.6. The van der Waals surface area contributed by atoms with Crippen LogP contribution in [0.5, 0.6) is 0 Å². The lowest BCUT2D eigenvalue weighted by molar-refractivity contribution is 0.0791. The number of allylic oxidation sites excluding steroid dienone is 2. The highest BCUT2D eigenvalue weighted by Crippen LogP contribution is 2.18. The van der Waals surface area contributed by atoms with E-state index in [0.717, 1.165) is 44.3 Å². The second-order valence-corrected chi connectivity index (χ2v) is 10.8. The summed E-state index contributed by atoms with van der Waals surface area (Å²) in [4.78, 5) is 49.0. The van der Waals surface area contributed by atoms with Crippen LogP contribution in [0.2, 0.25) is 0 Å². The van der Waals surface area contributed by atoms with Crippen molar-refractivity contribution in [3.8, 4) is 0 Å². The van der Waals surface area contributed by atoms with Gasteiger partial charge < -0.3 is 20.9 Å². The molecular weight excluding hydrogens is 588 g/mol. The summed E-state index contributed by atoms with van der Waals surface area (Å²) in [5.41, 5.74) is 2.44. The molecule has 0 radical (unpaired) electrons. The Labute approximate surface area is 273 Å². The van der Waals surface area contributed by atoms with Gasteiger partial charge in [-0.15, -0.1) is 11.6 Å². The fourth-order valence-electron chi connectivity index (χ4n) is 4.80. The van der Waals surface area contributed by atoms with Crippen molar-refractivity contribution < 1.29 is 14.4 Å². The average Bonchev–Trinajstić information content (AvgIpc) is 3.64. The van der Waals surface area contributed by atoms with Crippen LogP contribution < -0.4 is 16.0 Å². The molecule has 2 atom stereocenters. The van der Waals surface area contributed by atoms with Gasteiger partial charge in [-0.3, -0.25) is 19.4 Å². The van der Waals surface area contributed by atoms with Crippen LogP contribution in [0, 0.1) is 6.92 Å². The molecule has 2 aliphatic heterocycles. The van der Waals surface area contributed by atoms with Gasteiger partial charge in [0.05, 0.1) is 11.4 Å². The number of carbonyl (C=O) groups is 3. The summed E-state index contributed by atoms with van der Waals surface area (Å²) in [7, 11) is 0. The van der Waals surface area contributed by atoms with Gasteiger partial charge in [-0.2, -0.15) is 0 Å². The van der Waals surface area contributed by atoms with Crippen molar-refractivity contribution in [1.82, 2.24) is 25.8 Å². The molecule has 3 heterocycles. The third kappa shape index (κ3) is 12.1. The number of aromatic nitrogens is 1. The van der Waals surface area contributed by atoms with E-state index < -0.39 is 6.04 Å². The molecule has 2 aliphatic rings. The van der Waals surface area contributed by atoms with Crippen molar-refractivity contribution in [2.75, 3.05) is 19.6 Å². The molecule has 0 bridgehead atoms. The van der Waals surface area contributed by atoms with E-state index in [1.807, 2.05) is 51.7 Å². The zero-order chi connectivity index (χ0) is 33.0. The predicted octanol–water partition coefficient (Wildman–Crippen LogP) is 6.40. The van der Waals surface area contributed by atoms with Gasteiger partial charge in [-0.25, -0.2) is 4.99 Å². The Kier molecular flexibility index (Phi) is 17.3. The van der Waals surface area contributed by atoms with E-state index in [4.69, 9.17) is 11.6 Å². The second-order valence-electron chi connectivity index (χ2n) is 10.2.